The number of hydrogen-bond donors (Lipinski definition) is 2. The molecule has 16 heteroatoms. The van der Waals surface area contributed by atoms with Crippen molar-refractivity contribution in [3.63, 3.8) is 0 Å². The van der Waals surface area contributed by atoms with Gasteiger partial charge < -0.3 is 9.80 Å². The number of sulfonamides is 2. The highest BCUT2D eigenvalue weighted by Gasteiger charge is 2.55. The van der Waals surface area contributed by atoms with Crippen LogP contribution in [0.3, 0.4) is 0 Å². The van der Waals surface area contributed by atoms with Gasteiger partial charge >= 0.3 is 0 Å². The number of nitrogens with one attached hydrogen (secondary N) is 2. The number of fused-ring (bicyclic) bond motifs is 2. The number of benzene rings is 2. The third kappa shape index (κ3) is 8.18. The molecule has 240 valence electrons. The highest BCUT2D eigenvalue weighted by molar-refractivity contribution is 7.89. The van der Waals surface area contributed by atoms with Crippen LogP contribution in [0.2, 0.25) is 0 Å². The van der Waals surface area contributed by atoms with Gasteiger partial charge in [-0.05, 0) is 51.0 Å². The molecule has 0 atom stereocenters. The average molecular weight is 651 g/mol. The zero-order chi connectivity index (χ0) is 32.1. The number of carbonyl (C=O) groups excluding carboxylic acids is 2. The zero-order valence-corrected chi connectivity index (χ0v) is 26.4. The Balaban J connectivity index is 1.26. The van der Waals surface area contributed by atoms with Crippen molar-refractivity contribution >= 4 is 31.9 Å². The van der Waals surface area contributed by atoms with E-state index >= 15 is 0 Å². The van der Waals surface area contributed by atoms with Crippen LogP contribution in [0.25, 0.3) is 0 Å². The summed E-state index contributed by atoms with van der Waals surface area (Å²) in [7, 11) is -7.44. The molecular weight excluding hydrogens is 612 g/mol. The van der Waals surface area contributed by atoms with Crippen molar-refractivity contribution < 1.29 is 31.3 Å². The molecule has 2 saturated heterocycles. The van der Waals surface area contributed by atoms with Gasteiger partial charge in [-0.3, -0.25) is 24.6 Å². The first kappa shape index (κ1) is 33.5. The van der Waals surface area contributed by atoms with Crippen molar-refractivity contribution in [2.24, 2.45) is 0 Å². The molecule has 14 nitrogen and oxygen atoms in total. The summed E-state index contributed by atoms with van der Waals surface area (Å²) >= 11 is 0. The lowest BCUT2D eigenvalue weighted by molar-refractivity contribution is -0.579. The highest BCUT2D eigenvalue weighted by atomic mass is 32.2. The average Bonchev–Trinajstić information content (AvgIpc) is 2.97. The molecule has 2 bridgehead atoms. The van der Waals surface area contributed by atoms with Gasteiger partial charge in [0.2, 0.25) is 31.9 Å². The van der Waals surface area contributed by atoms with E-state index in [1.165, 1.54) is 34.1 Å². The lowest BCUT2D eigenvalue weighted by Gasteiger charge is -2.49. The van der Waals surface area contributed by atoms with Crippen LogP contribution in [0.4, 0.5) is 0 Å². The van der Waals surface area contributed by atoms with E-state index in [9.17, 15) is 36.5 Å². The molecule has 0 spiro atoms. The Morgan fingerprint density at radius 2 is 1.14 bits per heavy atom. The van der Waals surface area contributed by atoms with E-state index in [1.54, 1.807) is 29.2 Å². The molecule has 0 aliphatic carbocycles. The van der Waals surface area contributed by atoms with E-state index in [2.05, 4.69) is 9.44 Å². The summed E-state index contributed by atoms with van der Waals surface area (Å²) in [4.78, 5) is 42.5. The van der Waals surface area contributed by atoms with Gasteiger partial charge in [-0.15, -0.1) is 0 Å². The molecule has 2 N–H and O–H groups in total. The maximum absolute atomic E-state index is 13.0. The van der Waals surface area contributed by atoms with E-state index in [4.69, 9.17) is 0 Å². The quantitative estimate of drug-likeness (QED) is 0.182. The Bertz CT molecular complexity index is 1470. The third-order valence-electron chi connectivity index (χ3n) is 7.70. The van der Waals surface area contributed by atoms with Crippen LogP contribution in [0.15, 0.2) is 58.3 Å². The minimum atomic E-state index is -3.72. The third-order valence-corrected chi connectivity index (χ3v) is 10.7. The maximum Gasteiger partial charge on any atom is 0.269 e. The summed E-state index contributed by atoms with van der Waals surface area (Å²) in [5, 5.41) is 12.2. The molecule has 2 amide bonds. The fourth-order valence-electron chi connectivity index (χ4n) is 5.32. The Morgan fingerprint density at radius 3 is 1.50 bits per heavy atom. The second-order valence-corrected chi connectivity index (χ2v) is 14.9. The molecule has 2 aliphatic rings. The first-order valence-corrected chi connectivity index (χ1v) is 17.2. The van der Waals surface area contributed by atoms with Crippen LogP contribution in [0.1, 0.15) is 36.8 Å². The van der Waals surface area contributed by atoms with Crippen molar-refractivity contribution in [2.75, 3.05) is 46.1 Å². The minimum absolute atomic E-state index is 0.000800. The van der Waals surface area contributed by atoms with E-state index in [0.717, 1.165) is 11.1 Å². The second-order valence-electron chi connectivity index (χ2n) is 11.4. The summed E-state index contributed by atoms with van der Waals surface area (Å²) in [5.74, 6) is -0.674. The number of amides is 2. The van der Waals surface area contributed by atoms with E-state index in [-0.39, 0.29) is 93.3 Å². The maximum atomic E-state index is 13.0. The normalized spacial score (nSPS) is 20.4. The number of aryl methyl sites for hydroxylation is 2. The number of nitro groups is 1. The molecule has 0 saturated carbocycles. The SMILES string of the molecule is Cc1ccc(S(=O)(=O)NCCCC(=O)N2CN3CN(C(=O)CCCNS(=O)(=O)c4ccc(C)cc4)CC([N+](=O)[O-])(C3)C2)cc1. The monoisotopic (exact) mass is 650 g/mol. The summed E-state index contributed by atoms with van der Waals surface area (Å²) in [5.41, 5.74) is 0.286. The van der Waals surface area contributed by atoms with Crippen molar-refractivity contribution in [3.05, 3.63) is 69.8 Å². The number of rotatable bonds is 13. The van der Waals surface area contributed by atoms with E-state index < -0.39 is 30.5 Å². The molecule has 4 rings (SSSR count). The van der Waals surface area contributed by atoms with Crippen LogP contribution >= 0.6 is 0 Å². The fourth-order valence-corrected chi connectivity index (χ4v) is 7.47. The molecule has 2 aromatic rings. The summed E-state index contributed by atoms with van der Waals surface area (Å²) in [6, 6.07) is 12.8. The van der Waals surface area contributed by atoms with Crippen LogP contribution in [-0.2, 0) is 29.6 Å². The van der Waals surface area contributed by atoms with E-state index in [0.29, 0.717) is 0 Å². The summed E-state index contributed by atoms with van der Waals surface area (Å²) in [6.07, 6.45) is 0.423. The predicted octanol–water partition coefficient (Wildman–Crippen LogP) is 1.04. The van der Waals surface area contributed by atoms with E-state index in [1.807, 2.05) is 13.8 Å². The smallest absolute Gasteiger partial charge is 0.269 e. The van der Waals surface area contributed by atoms with Gasteiger partial charge in [0.05, 0.1) is 42.8 Å². The second kappa shape index (κ2) is 13.7. The van der Waals surface area contributed by atoms with Crippen LogP contribution in [0.5, 0.6) is 0 Å². The molecule has 0 aromatic heterocycles. The first-order valence-electron chi connectivity index (χ1n) is 14.3. The van der Waals surface area contributed by atoms with Gasteiger partial charge in [0.25, 0.3) is 5.54 Å². The molecule has 44 heavy (non-hydrogen) atoms. The lowest BCUT2D eigenvalue weighted by atomic mass is 9.93. The first-order chi connectivity index (χ1) is 20.7. The zero-order valence-electron chi connectivity index (χ0n) is 24.8. The van der Waals surface area contributed by atoms with Crippen LogP contribution in [-0.4, -0.2) is 99.9 Å². The molecule has 2 fully saturated rings. The van der Waals surface area contributed by atoms with Crippen molar-refractivity contribution in [1.29, 1.82) is 0 Å². The minimum Gasteiger partial charge on any atom is -0.322 e. The Morgan fingerprint density at radius 1 is 0.750 bits per heavy atom. The van der Waals surface area contributed by atoms with Gasteiger partial charge in [0, 0.05) is 30.9 Å². The summed E-state index contributed by atoms with van der Waals surface area (Å²) < 4.78 is 54.8. The molecule has 2 aromatic carbocycles. The van der Waals surface area contributed by atoms with Gasteiger partial charge in [-0.1, -0.05) is 35.4 Å². The van der Waals surface area contributed by atoms with Crippen molar-refractivity contribution in [3.8, 4) is 0 Å². The Hall–Kier alpha value is -3.44. The predicted molar refractivity (Wildman–Crippen MR) is 161 cm³/mol. The molecule has 0 unspecified atom stereocenters. The number of hydrogen-bond acceptors (Lipinski definition) is 9. The summed E-state index contributed by atoms with van der Waals surface area (Å²) in [6.45, 7) is 3.70. The molecular formula is C28H38N6O8S2. The van der Waals surface area contributed by atoms with Crippen molar-refractivity contribution in [2.45, 2.75) is 54.9 Å². The van der Waals surface area contributed by atoms with Gasteiger partial charge in [-0.25, -0.2) is 26.3 Å². The Kier molecular flexibility index (Phi) is 10.4. The number of nitrogens with zero attached hydrogens (tertiary/aromatic N) is 4. The highest BCUT2D eigenvalue weighted by Crippen LogP contribution is 2.27. The van der Waals surface area contributed by atoms with Gasteiger partial charge in [0.1, 0.15) is 0 Å². The molecule has 2 aliphatic heterocycles. The molecule has 0 radical (unpaired) electrons. The Labute approximate surface area is 257 Å². The van der Waals surface area contributed by atoms with Crippen molar-refractivity contribution in [1.82, 2.24) is 24.1 Å². The standard InChI is InChI=1S/C28H38N6O8S2/c1-22-7-11-24(12-8-22)43(39,40)29-15-3-5-26(35)32-18-28(34(37)38)17-31(20-32)21-33(19-28)27(36)6-4-16-30-44(41,42)25-13-9-23(2)10-14-25/h7-14,29-30H,3-6,15-21H2,1-2H3. The molecule has 2 heterocycles. The van der Waals surface area contributed by atoms with Crippen LogP contribution < -0.4 is 9.44 Å². The largest absolute Gasteiger partial charge is 0.322 e. The topological polar surface area (TPSA) is 179 Å². The fraction of sp³-hybridized carbons (Fsp3) is 0.500. The number of carbonyl (C=O) groups is 2. The van der Waals surface area contributed by atoms with Crippen LogP contribution in [0, 0.1) is 24.0 Å². The van der Waals surface area contributed by atoms with Gasteiger partial charge in [0.15, 0.2) is 0 Å². The lowest BCUT2D eigenvalue weighted by Crippen LogP contribution is -2.73. The van der Waals surface area contributed by atoms with Gasteiger partial charge in [-0.2, -0.15) is 0 Å².